The van der Waals surface area contributed by atoms with Crippen LogP contribution in [0.2, 0.25) is 0 Å². The average molecular weight is 391 g/mol. The number of aliphatic carboxylic acids is 1. The highest BCUT2D eigenvalue weighted by atomic mass is 16.4. The van der Waals surface area contributed by atoms with E-state index >= 15 is 0 Å². The smallest absolute Gasteiger partial charge is 0.303 e. The molecule has 2 N–H and O–H groups in total. The van der Waals surface area contributed by atoms with Gasteiger partial charge in [0.05, 0.1) is 6.10 Å². The minimum atomic E-state index is -0.698. The molecule has 158 valence electrons. The Morgan fingerprint density at radius 1 is 1.11 bits per heavy atom. The van der Waals surface area contributed by atoms with Crippen LogP contribution in [0.5, 0.6) is 0 Å². The minimum Gasteiger partial charge on any atom is -0.481 e. The van der Waals surface area contributed by atoms with Gasteiger partial charge in [-0.15, -0.1) is 0 Å². The molecular formula is C24H38O4. The zero-order valence-corrected chi connectivity index (χ0v) is 17.8. The third kappa shape index (κ3) is 3.05. The monoisotopic (exact) mass is 390 g/mol. The van der Waals surface area contributed by atoms with E-state index in [1.807, 2.05) is 0 Å². The fourth-order valence-corrected chi connectivity index (χ4v) is 8.44. The largest absolute Gasteiger partial charge is 0.481 e. The van der Waals surface area contributed by atoms with Crippen LogP contribution >= 0.6 is 0 Å². The first-order valence-electron chi connectivity index (χ1n) is 11.6. The Kier molecular flexibility index (Phi) is 5.17. The molecule has 0 aromatic rings. The quantitative estimate of drug-likeness (QED) is 0.730. The van der Waals surface area contributed by atoms with Crippen molar-refractivity contribution in [1.82, 2.24) is 0 Å². The van der Waals surface area contributed by atoms with Crippen molar-refractivity contribution in [3.63, 3.8) is 0 Å². The topological polar surface area (TPSA) is 74.6 Å². The van der Waals surface area contributed by atoms with Crippen molar-refractivity contribution in [2.45, 2.75) is 91.1 Å². The summed E-state index contributed by atoms with van der Waals surface area (Å²) in [5, 5.41) is 19.3. The van der Waals surface area contributed by atoms with Crippen LogP contribution < -0.4 is 0 Å². The molecule has 0 radical (unpaired) electrons. The molecule has 0 bridgehead atoms. The van der Waals surface area contributed by atoms with Crippen LogP contribution in [0.1, 0.15) is 85.0 Å². The third-order valence-electron chi connectivity index (χ3n) is 10.0. The maximum Gasteiger partial charge on any atom is 0.303 e. The minimum absolute atomic E-state index is 0.187. The number of fused-ring (bicyclic) bond motifs is 5. The molecule has 0 amide bonds. The summed E-state index contributed by atoms with van der Waals surface area (Å²) < 4.78 is 0. The molecular weight excluding hydrogens is 352 g/mol. The van der Waals surface area contributed by atoms with Gasteiger partial charge in [0, 0.05) is 18.8 Å². The average Bonchev–Trinajstić information content (AvgIpc) is 2.98. The molecule has 28 heavy (non-hydrogen) atoms. The summed E-state index contributed by atoms with van der Waals surface area (Å²) in [5.74, 6) is 2.25. The van der Waals surface area contributed by atoms with Crippen LogP contribution in [0.25, 0.3) is 0 Å². The first kappa shape index (κ1) is 20.4. The van der Waals surface area contributed by atoms with E-state index in [0.717, 1.165) is 44.9 Å². The lowest BCUT2D eigenvalue weighted by Gasteiger charge is -2.60. The van der Waals surface area contributed by atoms with Crippen molar-refractivity contribution in [3.8, 4) is 0 Å². The standard InChI is InChI=1S/C24H38O4/c1-14(4-7-21(27)28)17-5-6-18-22-19(9-11-24(17,18)3)23(2)10-8-16(25)12-15(23)13-20(22)26/h14-19,22,25H,4-13H2,1-3H3,(H,27,28)/t14-,15?,16-,17-,18+,19+,22+,23?,24?/m1/s1. The van der Waals surface area contributed by atoms with Gasteiger partial charge in [0.2, 0.25) is 0 Å². The summed E-state index contributed by atoms with van der Waals surface area (Å²) in [5.41, 5.74) is 0.401. The molecule has 4 aliphatic carbocycles. The Bertz CT molecular complexity index is 645. The number of carboxylic acid groups (broad SMARTS) is 1. The van der Waals surface area contributed by atoms with Crippen molar-refractivity contribution in [2.24, 2.45) is 46.3 Å². The van der Waals surface area contributed by atoms with Gasteiger partial charge < -0.3 is 10.2 Å². The number of rotatable bonds is 4. The van der Waals surface area contributed by atoms with Crippen molar-refractivity contribution < 1.29 is 19.8 Å². The lowest BCUT2D eigenvalue weighted by molar-refractivity contribution is -0.160. The molecule has 0 aromatic heterocycles. The summed E-state index contributed by atoms with van der Waals surface area (Å²) in [7, 11) is 0. The molecule has 0 aromatic carbocycles. The second-order valence-corrected chi connectivity index (χ2v) is 11.2. The van der Waals surface area contributed by atoms with E-state index in [0.29, 0.717) is 41.8 Å². The molecule has 0 heterocycles. The van der Waals surface area contributed by atoms with Crippen LogP contribution in [0.3, 0.4) is 0 Å². The fraction of sp³-hybridized carbons (Fsp3) is 0.917. The first-order chi connectivity index (χ1) is 13.2. The number of aliphatic hydroxyl groups excluding tert-OH is 1. The number of hydrogen-bond acceptors (Lipinski definition) is 3. The van der Waals surface area contributed by atoms with Crippen molar-refractivity contribution in [1.29, 1.82) is 0 Å². The highest BCUT2D eigenvalue weighted by Crippen LogP contribution is 2.67. The number of hydrogen-bond donors (Lipinski definition) is 2. The third-order valence-corrected chi connectivity index (χ3v) is 10.0. The Morgan fingerprint density at radius 3 is 2.50 bits per heavy atom. The fourth-order valence-electron chi connectivity index (χ4n) is 8.44. The summed E-state index contributed by atoms with van der Waals surface area (Å²) in [6.07, 6.45) is 8.81. The van der Waals surface area contributed by atoms with Gasteiger partial charge in [0.25, 0.3) is 0 Å². The van der Waals surface area contributed by atoms with Crippen molar-refractivity contribution in [2.75, 3.05) is 0 Å². The van der Waals surface area contributed by atoms with Crippen molar-refractivity contribution in [3.05, 3.63) is 0 Å². The summed E-state index contributed by atoms with van der Waals surface area (Å²) in [6.45, 7) is 7.06. The number of carbonyl (C=O) groups excluding carboxylic acids is 1. The molecule has 9 atom stereocenters. The van der Waals surface area contributed by atoms with Crippen LogP contribution in [0, 0.1) is 46.3 Å². The summed E-state index contributed by atoms with van der Waals surface area (Å²) >= 11 is 0. The van der Waals surface area contributed by atoms with Gasteiger partial charge in [-0.25, -0.2) is 0 Å². The number of aliphatic hydroxyl groups is 1. The van der Waals surface area contributed by atoms with E-state index < -0.39 is 5.97 Å². The van der Waals surface area contributed by atoms with Gasteiger partial charge in [-0.2, -0.15) is 0 Å². The Labute approximate surface area is 169 Å². The first-order valence-corrected chi connectivity index (χ1v) is 11.6. The van der Waals surface area contributed by atoms with Crippen LogP contribution in [0.4, 0.5) is 0 Å². The van der Waals surface area contributed by atoms with Crippen LogP contribution in [0.15, 0.2) is 0 Å². The maximum atomic E-state index is 13.3. The van der Waals surface area contributed by atoms with Gasteiger partial charge in [0.1, 0.15) is 5.78 Å². The number of Topliss-reactive ketones (excluding diaryl/α,β-unsaturated/α-hetero) is 1. The van der Waals surface area contributed by atoms with Crippen LogP contribution in [-0.2, 0) is 9.59 Å². The molecule has 0 spiro atoms. The predicted molar refractivity (Wildman–Crippen MR) is 108 cm³/mol. The van der Waals surface area contributed by atoms with Gasteiger partial charge in [-0.1, -0.05) is 20.8 Å². The zero-order chi connectivity index (χ0) is 20.3. The molecule has 4 aliphatic rings. The molecule has 4 saturated carbocycles. The summed E-state index contributed by atoms with van der Waals surface area (Å²) in [4.78, 5) is 24.4. The second-order valence-electron chi connectivity index (χ2n) is 11.2. The molecule has 3 unspecified atom stereocenters. The molecule has 4 rings (SSSR count). The maximum absolute atomic E-state index is 13.3. The van der Waals surface area contributed by atoms with Gasteiger partial charge >= 0.3 is 5.97 Å². The van der Waals surface area contributed by atoms with Gasteiger partial charge in [0.15, 0.2) is 0 Å². The lowest BCUT2D eigenvalue weighted by atomic mass is 9.44. The molecule has 4 nitrogen and oxygen atoms in total. The number of carbonyl (C=O) groups is 2. The van der Waals surface area contributed by atoms with E-state index in [4.69, 9.17) is 5.11 Å². The highest BCUT2D eigenvalue weighted by molar-refractivity contribution is 5.83. The van der Waals surface area contributed by atoms with Crippen molar-refractivity contribution >= 4 is 11.8 Å². The lowest BCUT2D eigenvalue weighted by Crippen LogP contribution is -2.57. The second kappa shape index (κ2) is 7.11. The Balaban J connectivity index is 1.56. The van der Waals surface area contributed by atoms with Crippen LogP contribution in [-0.4, -0.2) is 28.1 Å². The normalized spacial score (nSPS) is 49.1. The zero-order valence-electron chi connectivity index (χ0n) is 17.8. The summed E-state index contributed by atoms with van der Waals surface area (Å²) in [6, 6.07) is 0. The number of carboxylic acids is 1. The SMILES string of the molecule is C[C@H](CCC(=O)O)[C@H]1CC[C@H]2[C@@H]3C(=O)CC4C[C@H](O)CCC4(C)[C@H]3CCC12C. The van der Waals surface area contributed by atoms with E-state index in [1.54, 1.807) is 0 Å². The van der Waals surface area contributed by atoms with E-state index in [9.17, 15) is 14.7 Å². The number of ketones is 1. The predicted octanol–water partition coefficient (Wildman–Crippen LogP) is 4.69. The molecule has 4 fully saturated rings. The van der Waals surface area contributed by atoms with E-state index in [2.05, 4.69) is 20.8 Å². The van der Waals surface area contributed by atoms with E-state index in [-0.39, 0.29) is 29.3 Å². The molecule has 0 saturated heterocycles. The highest BCUT2D eigenvalue weighted by Gasteiger charge is 2.62. The van der Waals surface area contributed by atoms with E-state index in [1.165, 1.54) is 6.42 Å². The molecule has 4 heteroatoms. The Morgan fingerprint density at radius 2 is 1.79 bits per heavy atom. The van der Waals surface area contributed by atoms with Gasteiger partial charge in [-0.05, 0) is 91.8 Å². The molecule has 0 aliphatic heterocycles. The van der Waals surface area contributed by atoms with Gasteiger partial charge in [-0.3, -0.25) is 9.59 Å². The Hall–Kier alpha value is -0.900.